The third-order valence-electron chi connectivity index (χ3n) is 2.29. The zero-order chi connectivity index (χ0) is 10.8. The van der Waals surface area contributed by atoms with E-state index in [9.17, 15) is 8.78 Å². The Morgan fingerprint density at radius 2 is 2.20 bits per heavy atom. The lowest BCUT2D eigenvalue weighted by atomic mass is 10.0. The molecule has 1 aliphatic rings. The van der Waals surface area contributed by atoms with Gasteiger partial charge >= 0.3 is 0 Å². The summed E-state index contributed by atoms with van der Waals surface area (Å²) in [4.78, 5) is 0. The van der Waals surface area contributed by atoms with Crippen LogP contribution in [0.4, 0.5) is 8.78 Å². The monoisotopic (exact) mass is 212 g/mol. The van der Waals surface area contributed by atoms with Gasteiger partial charge in [-0.1, -0.05) is 18.7 Å². The van der Waals surface area contributed by atoms with Crippen LogP contribution in [-0.4, -0.2) is 13.2 Å². The second-order valence-electron chi connectivity index (χ2n) is 3.22. The van der Waals surface area contributed by atoms with Gasteiger partial charge in [-0.25, -0.2) is 8.78 Å². The highest BCUT2D eigenvalue weighted by atomic mass is 19.3. The van der Waals surface area contributed by atoms with Crippen molar-refractivity contribution in [1.82, 2.24) is 0 Å². The summed E-state index contributed by atoms with van der Waals surface area (Å²) in [5.41, 5.74) is 0.872. The Balaban J connectivity index is 2.43. The molecule has 0 N–H and O–H groups in total. The molecule has 1 aromatic carbocycles. The second-order valence-corrected chi connectivity index (χ2v) is 3.22. The molecule has 2 rings (SSSR count). The average Bonchev–Trinajstić information content (AvgIpc) is 2.27. The number of rotatable bonds is 2. The lowest BCUT2D eigenvalue weighted by molar-refractivity contribution is -0.0165. The second kappa shape index (κ2) is 3.98. The van der Waals surface area contributed by atoms with E-state index >= 15 is 0 Å². The topological polar surface area (TPSA) is 18.5 Å². The molecule has 2 nitrogen and oxygen atoms in total. The molecule has 0 spiro atoms. The predicted octanol–water partition coefficient (Wildman–Crippen LogP) is 2.83. The molecule has 0 saturated carbocycles. The quantitative estimate of drug-likeness (QED) is 0.750. The number of benzene rings is 1. The lowest BCUT2D eigenvalue weighted by Gasteiger charge is -2.21. The van der Waals surface area contributed by atoms with Gasteiger partial charge in [0, 0.05) is 11.1 Å². The van der Waals surface area contributed by atoms with E-state index in [0.717, 1.165) is 0 Å². The highest BCUT2D eigenvalue weighted by Crippen LogP contribution is 2.32. The predicted molar refractivity (Wildman–Crippen MR) is 51.8 cm³/mol. The molecule has 0 aliphatic carbocycles. The average molecular weight is 212 g/mol. The number of allylic oxidation sites excluding steroid dienone is 1. The van der Waals surface area contributed by atoms with Gasteiger partial charge in [0.2, 0.25) is 0 Å². The van der Waals surface area contributed by atoms with Crippen LogP contribution in [0.1, 0.15) is 11.1 Å². The van der Waals surface area contributed by atoms with E-state index in [1.54, 1.807) is 18.2 Å². The van der Waals surface area contributed by atoms with Crippen LogP contribution >= 0.6 is 0 Å². The van der Waals surface area contributed by atoms with Crippen molar-refractivity contribution in [3.05, 3.63) is 35.9 Å². The van der Waals surface area contributed by atoms with Crippen molar-refractivity contribution in [1.29, 1.82) is 0 Å². The largest absolute Gasteiger partial charge is 0.467 e. The highest BCUT2D eigenvalue weighted by molar-refractivity contribution is 5.70. The maximum absolute atomic E-state index is 12.5. The maximum atomic E-state index is 12.5. The van der Waals surface area contributed by atoms with Crippen molar-refractivity contribution >= 4 is 5.57 Å². The first-order chi connectivity index (χ1) is 7.20. The molecule has 4 heteroatoms. The van der Waals surface area contributed by atoms with Gasteiger partial charge in [-0.05, 0) is 11.6 Å². The molecule has 1 heterocycles. The molecular weight excluding hydrogens is 202 g/mol. The molecule has 15 heavy (non-hydrogen) atoms. The molecule has 0 radical (unpaired) electrons. The van der Waals surface area contributed by atoms with Gasteiger partial charge in [-0.3, -0.25) is 0 Å². The third kappa shape index (κ3) is 1.85. The van der Waals surface area contributed by atoms with Gasteiger partial charge < -0.3 is 9.47 Å². The van der Waals surface area contributed by atoms with Crippen LogP contribution in [0.3, 0.4) is 0 Å². The van der Waals surface area contributed by atoms with Crippen molar-refractivity contribution in [2.45, 2.75) is 13.0 Å². The number of ether oxygens (including phenoxy) is 2. The van der Waals surface area contributed by atoms with Gasteiger partial charge in [0.15, 0.2) is 6.79 Å². The zero-order valence-electron chi connectivity index (χ0n) is 8.00. The van der Waals surface area contributed by atoms with Crippen LogP contribution in [0.5, 0.6) is 5.75 Å². The van der Waals surface area contributed by atoms with E-state index in [-0.39, 0.29) is 19.0 Å². The number of fused-ring (bicyclic) bond motifs is 1. The van der Waals surface area contributed by atoms with Crippen molar-refractivity contribution in [2.75, 3.05) is 6.79 Å². The van der Waals surface area contributed by atoms with Crippen molar-refractivity contribution < 1.29 is 18.3 Å². The van der Waals surface area contributed by atoms with Crippen LogP contribution in [0.2, 0.25) is 0 Å². The normalized spacial score (nSPS) is 14.6. The van der Waals surface area contributed by atoms with Crippen LogP contribution in [0.15, 0.2) is 24.8 Å². The van der Waals surface area contributed by atoms with Gasteiger partial charge in [-0.15, -0.1) is 0 Å². The summed E-state index contributed by atoms with van der Waals surface area (Å²) in [6.45, 7) is 3.82. The minimum atomic E-state index is -2.56. The Kier molecular flexibility index (Phi) is 2.68. The molecule has 0 atom stereocenters. The lowest BCUT2D eigenvalue weighted by Crippen LogP contribution is -2.13. The van der Waals surface area contributed by atoms with Crippen molar-refractivity contribution in [3.63, 3.8) is 0 Å². The minimum Gasteiger partial charge on any atom is -0.467 e. The van der Waals surface area contributed by atoms with Crippen LogP contribution in [0.25, 0.3) is 5.57 Å². The number of alkyl halides is 2. The first-order valence-corrected chi connectivity index (χ1v) is 4.50. The number of hydrogen-bond donors (Lipinski definition) is 0. The summed E-state index contributed by atoms with van der Waals surface area (Å²) in [5.74, 6) is 0.598. The van der Waals surface area contributed by atoms with Crippen molar-refractivity contribution in [2.24, 2.45) is 0 Å². The first-order valence-electron chi connectivity index (χ1n) is 4.50. The van der Waals surface area contributed by atoms with E-state index < -0.39 is 6.43 Å². The summed E-state index contributed by atoms with van der Waals surface area (Å²) in [6, 6.07) is 5.01. The Morgan fingerprint density at radius 1 is 1.40 bits per heavy atom. The van der Waals surface area contributed by atoms with Crippen LogP contribution < -0.4 is 4.74 Å². The number of halogens is 2. The molecule has 0 amide bonds. The smallest absolute Gasteiger partial charge is 0.263 e. The standard InChI is InChI=1S/C11H10F2O2/c1-7(11(12)13)8-3-2-4-10-9(8)5-14-6-15-10/h2-4,11H,1,5-6H2. The van der Waals surface area contributed by atoms with Crippen molar-refractivity contribution in [3.8, 4) is 5.75 Å². The highest BCUT2D eigenvalue weighted by Gasteiger charge is 2.19. The molecular formula is C11H10F2O2. The van der Waals surface area contributed by atoms with Gasteiger partial charge in [0.25, 0.3) is 6.43 Å². The summed E-state index contributed by atoms with van der Waals surface area (Å²) >= 11 is 0. The SMILES string of the molecule is C=C(c1cccc2c1COCO2)C(F)F. The van der Waals surface area contributed by atoms with Gasteiger partial charge in [-0.2, -0.15) is 0 Å². The minimum absolute atomic E-state index is 0.164. The molecule has 0 bridgehead atoms. The fraction of sp³-hybridized carbons (Fsp3) is 0.273. The Hall–Kier alpha value is -1.42. The third-order valence-corrected chi connectivity index (χ3v) is 2.29. The van der Waals surface area contributed by atoms with E-state index in [1.165, 1.54) is 0 Å². The molecule has 1 aromatic rings. The van der Waals surface area contributed by atoms with E-state index in [2.05, 4.69) is 6.58 Å². The summed E-state index contributed by atoms with van der Waals surface area (Å²) in [7, 11) is 0. The fourth-order valence-electron chi connectivity index (χ4n) is 1.52. The summed E-state index contributed by atoms with van der Waals surface area (Å²) in [6.07, 6.45) is -2.56. The van der Waals surface area contributed by atoms with Gasteiger partial charge in [0.05, 0.1) is 6.61 Å². The number of hydrogen-bond acceptors (Lipinski definition) is 2. The molecule has 1 aliphatic heterocycles. The Morgan fingerprint density at radius 3 is 2.93 bits per heavy atom. The molecule has 0 aromatic heterocycles. The summed E-state index contributed by atoms with van der Waals surface area (Å²) in [5, 5.41) is 0. The fourth-order valence-corrected chi connectivity index (χ4v) is 1.52. The van der Waals surface area contributed by atoms with E-state index in [0.29, 0.717) is 16.9 Å². The summed E-state index contributed by atoms with van der Waals surface area (Å²) < 4.78 is 35.2. The van der Waals surface area contributed by atoms with Crippen LogP contribution in [0, 0.1) is 0 Å². The van der Waals surface area contributed by atoms with E-state index in [1.807, 2.05) is 0 Å². The molecule has 80 valence electrons. The zero-order valence-corrected chi connectivity index (χ0v) is 8.00. The van der Waals surface area contributed by atoms with Crippen LogP contribution in [-0.2, 0) is 11.3 Å². The molecule has 0 unspecified atom stereocenters. The Bertz CT molecular complexity index is 388. The maximum Gasteiger partial charge on any atom is 0.263 e. The van der Waals surface area contributed by atoms with E-state index in [4.69, 9.17) is 9.47 Å². The molecule has 0 fully saturated rings. The first kappa shape index (κ1) is 10.1. The Labute approximate surface area is 86.1 Å². The molecule has 0 saturated heterocycles. The van der Waals surface area contributed by atoms with Gasteiger partial charge in [0.1, 0.15) is 5.75 Å².